The summed E-state index contributed by atoms with van der Waals surface area (Å²) in [5.74, 6) is 0.0554. The molecular formula is C15H17NO2. The molecule has 1 N–H and O–H groups in total. The van der Waals surface area contributed by atoms with Gasteiger partial charge in [0.25, 0.3) is 5.91 Å². The van der Waals surface area contributed by atoms with Crippen LogP contribution < -0.4 is 0 Å². The van der Waals surface area contributed by atoms with Crippen molar-refractivity contribution in [2.75, 3.05) is 13.2 Å². The summed E-state index contributed by atoms with van der Waals surface area (Å²) in [6.45, 7) is 4.93. The van der Waals surface area contributed by atoms with Gasteiger partial charge in [0.2, 0.25) is 0 Å². The third kappa shape index (κ3) is 1.66. The highest BCUT2D eigenvalue weighted by Gasteiger charge is 2.46. The lowest BCUT2D eigenvalue weighted by molar-refractivity contribution is 0.0818. The maximum absolute atomic E-state index is 12.3. The number of carbonyl (C=O) groups excluding carboxylic acids is 1. The van der Waals surface area contributed by atoms with E-state index in [9.17, 15) is 4.79 Å². The van der Waals surface area contributed by atoms with Gasteiger partial charge < -0.3 is 10.0 Å². The largest absolute Gasteiger partial charge is 0.396 e. The van der Waals surface area contributed by atoms with E-state index in [2.05, 4.69) is 6.58 Å². The molecule has 3 heteroatoms. The summed E-state index contributed by atoms with van der Waals surface area (Å²) in [5, 5.41) is 9.10. The van der Waals surface area contributed by atoms with Crippen LogP contribution in [-0.4, -0.2) is 29.1 Å². The number of carbonyl (C=O) groups is 1. The molecule has 0 atom stereocenters. The second kappa shape index (κ2) is 3.95. The zero-order valence-corrected chi connectivity index (χ0v) is 10.4. The number of fused-ring (bicyclic) bond motifs is 1. The zero-order chi connectivity index (χ0) is 12.8. The summed E-state index contributed by atoms with van der Waals surface area (Å²) in [4.78, 5) is 14.1. The predicted molar refractivity (Wildman–Crippen MR) is 69.9 cm³/mol. The zero-order valence-electron chi connectivity index (χ0n) is 10.4. The average Bonchev–Trinajstić information content (AvgIpc) is 3.10. The van der Waals surface area contributed by atoms with E-state index >= 15 is 0 Å². The second-order valence-corrected chi connectivity index (χ2v) is 5.36. The molecule has 1 aromatic carbocycles. The van der Waals surface area contributed by atoms with Gasteiger partial charge in [0.05, 0.1) is 0 Å². The Balaban J connectivity index is 1.84. The van der Waals surface area contributed by atoms with Crippen LogP contribution in [0.5, 0.6) is 0 Å². The minimum atomic E-state index is 0.0554. The van der Waals surface area contributed by atoms with Gasteiger partial charge in [-0.25, -0.2) is 0 Å². The third-order valence-electron chi connectivity index (χ3n) is 4.13. The first kappa shape index (κ1) is 11.5. The van der Waals surface area contributed by atoms with Crippen LogP contribution in [0.3, 0.4) is 0 Å². The van der Waals surface area contributed by atoms with Gasteiger partial charge >= 0.3 is 0 Å². The highest BCUT2D eigenvalue weighted by Crippen LogP contribution is 2.50. The maximum atomic E-state index is 12.3. The van der Waals surface area contributed by atoms with Crippen LogP contribution in [0.25, 0.3) is 5.70 Å². The van der Waals surface area contributed by atoms with Crippen LogP contribution >= 0.6 is 0 Å². The minimum Gasteiger partial charge on any atom is -0.396 e. The van der Waals surface area contributed by atoms with Crippen LogP contribution in [0.1, 0.15) is 35.2 Å². The van der Waals surface area contributed by atoms with Crippen molar-refractivity contribution in [3.8, 4) is 0 Å². The fraction of sp³-hybridized carbons (Fsp3) is 0.400. The lowest BCUT2D eigenvalue weighted by Gasteiger charge is -2.23. The molecule has 0 unspecified atom stereocenters. The molecule has 3 rings (SSSR count). The van der Waals surface area contributed by atoms with E-state index in [0.29, 0.717) is 6.54 Å². The van der Waals surface area contributed by atoms with E-state index in [-0.39, 0.29) is 17.9 Å². The molecule has 1 fully saturated rings. The summed E-state index contributed by atoms with van der Waals surface area (Å²) < 4.78 is 0. The first-order valence-corrected chi connectivity index (χ1v) is 6.38. The molecule has 0 radical (unpaired) electrons. The number of amides is 1. The smallest absolute Gasteiger partial charge is 0.258 e. The number of aliphatic hydroxyl groups excluding tert-OH is 1. The average molecular weight is 243 g/mol. The molecule has 3 nitrogen and oxygen atoms in total. The molecule has 1 saturated carbocycles. The van der Waals surface area contributed by atoms with Crippen molar-refractivity contribution in [3.05, 3.63) is 42.0 Å². The van der Waals surface area contributed by atoms with Crippen molar-refractivity contribution in [2.24, 2.45) is 5.41 Å². The number of nitrogens with zero attached hydrogens (tertiary/aromatic N) is 1. The van der Waals surface area contributed by atoms with Crippen LogP contribution in [-0.2, 0) is 0 Å². The number of hydrogen-bond donors (Lipinski definition) is 1. The van der Waals surface area contributed by atoms with E-state index in [4.69, 9.17) is 5.11 Å². The van der Waals surface area contributed by atoms with Gasteiger partial charge in [0, 0.05) is 30.0 Å². The Kier molecular flexibility index (Phi) is 2.52. The summed E-state index contributed by atoms with van der Waals surface area (Å²) in [6.07, 6.45) is 2.97. The molecule has 1 heterocycles. The van der Waals surface area contributed by atoms with Crippen LogP contribution in [0.2, 0.25) is 0 Å². The quantitative estimate of drug-likeness (QED) is 0.881. The molecule has 1 aliphatic carbocycles. The van der Waals surface area contributed by atoms with Gasteiger partial charge in [-0.15, -0.1) is 0 Å². The Labute approximate surface area is 107 Å². The molecule has 18 heavy (non-hydrogen) atoms. The molecule has 0 spiro atoms. The molecule has 1 amide bonds. The Morgan fingerprint density at radius 1 is 1.28 bits per heavy atom. The van der Waals surface area contributed by atoms with Crippen molar-refractivity contribution in [1.29, 1.82) is 0 Å². The van der Waals surface area contributed by atoms with Gasteiger partial charge in [0.1, 0.15) is 0 Å². The van der Waals surface area contributed by atoms with E-state index in [1.807, 2.05) is 24.3 Å². The molecule has 1 aromatic rings. The Hall–Kier alpha value is -1.61. The Bertz CT molecular complexity index is 482. The molecule has 2 aliphatic rings. The summed E-state index contributed by atoms with van der Waals surface area (Å²) >= 11 is 0. The van der Waals surface area contributed by atoms with Crippen molar-refractivity contribution in [3.63, 3.8) is 0 Å². The monoisotopic (exact) mass is 243 g/mol. The molecule has 0 bridgehead atoms. The number of aliphatic hydroxyl groups is 1. The lowest BCUT2D eigenvalue weighted by atomic mass is 10.0. The fourth-order valence-corrected chi connectivity index (χ4v) is 2.74. The van der Waals surface area contributed by atoms with Crippen LogP contribution in [0.4, 0.5) is 0 Å². The van der Waals surface area contributed by atoms with Gasteiger partial charge in [-0.3, -0.25) is 4.79 Å². The molecular weight excluding hydrogens is 226 g/mol. The SMILES string of the molecule is C=C1c2ccccc2C(=O)N1CC1(CCO)CC1. The van der Waals surface area contributed by atoms with Crippen molar-refractivity contribution >= 4 is 11.6 Å². The molecule has 94 valence electrons. The van der Waals surface area contributed by atoms with Crippen molar-refractivity contribution in [2.45, 2.75) is 19.3 Å². The maximum Gasteiger partial charge on any atom is 0.258 e. The van der Waals surface area contributed by atoms with E-state index in [0.717, 1.165) is 36.1 Å². The summed E-state index contributed by atoms with van der Waals surface area (Å²) in [5.41, 5.74) is 2.64. The summed E-state index contributed by atoms with van der Waals surface area (Å²) in [6, 6.07) is 7.62. The van der Waals surface area contributed by atoms with Gasteiger partial charge in [-0.05, 0) is 30.7 Å². The predicted octanol–water partition coefficient (Wildman–Crippen LogP) is 2.28. The van der Waals surface area contributed by atoms with Crippen LogP contribution in [0.15, 0.2) is 30.8 Å². The highest BCUT2D eigenvalue weighted by atomic mass is 16.3. The van der Waals surface area contributed by atoms with Crippen molar-refractivity contribution < 1.29 is 9.90 Å². The van der Waals surface area contributed by atoms with E-state index in [1.54, 1.807) is 4.90 Å². The van der Waals surface area contributed by atoms with Gasteiger partial charge in [-0.1, -0.05) is 24.8 Å². The van der Waals surface area contributed by atoms with E-state index < -0.39 is 0 Å². The Morgan fingerprint density at radius 2 is 1.94 bits per heavy atom. The molecule has 0 saturated heterocycles. The first-order chi connectivity index (χ1) is 8.67. The van der Waals surface area contributed by atoms with Gasteiger partial charge in [0.15, 0.2) is 0 Å². The second-order valence-electron chi connectivity index (χ2n) is 5.36. The van der Waals surface area contributed by atoms with Gasteiger partial charge in [-0.2, -0.15) is 0 Å². The first-order valence-electron chi connectivity index (χ1n) is 6.38. The number of benzene rings is 1. The highest BCUT2D eigenvalue weighted by molar-refractivity contribution is 6.08. The molecule has 0 aromatic heterocycles. The summed E-state index contributed by atoms with van der Waals surface area (Å²) in [7, 11) is 0. The lowest BCUT2D eigenvalue weighted by Crippen LogP contribution is -2.30. The minimum absolute atomic E-state index is 0.0554. The number of rotatable bonds is 4. The Morgan fingerprint density at radius 3 is 2.50 bits per heavy atom. The van der Waals surface area contributed by atoms with Crippen molar-refractivity contribution in [1.82, 2.24) is 4.90 Å². The number of hydrogen-bond acceptors (Lipinski definition) is 2. The standard InChI is InChI=1S/C15H17NO2/c1-11-12-4-2-3-5-13(12)14(18)16(11)10-15(6-7-15)8-9-17/h2-5,17H,1,6-10H2. The molecule has 1 aliphatic heterocycles. The van der Waals surface area contributed by atoms with E-state index in [1.165, 1.54) is 0 Å². The van der Waals surface area contributed by atoms with Crippen LogP contribution in [0, 0.1) is 5.41 Å². The fourth-order valence-electron chi connectivity index (χ4n) is 2.74. The normalized spacial score (nSPS) is 20.2. The topological polar surface area (TPSA) is 40.5 Å². The third-order valence-corrected chi connectivity index (χ3v) is 4.13.